The lowest BCUT2D eigenvalue weighted by Crippen LogP contribution is -1.88. The number of nitrogen functional groups attached to an aromatic ring is 1. The first kappa shape index (κ1) is 10.0. The van der Waals surface area contributed by atoms with Crippen LogP contribution in [0.5, 0.6) is 0 Å². The molecule has 0 bridgehead atoms. The Labute approximate surface area is 89.7 Å². The molecule has 2 aromatic rings. The van der Waals surface area contributed by atoms with Gasteiger partial charge in [-0.25, -0.2) is 4.98 Å². The number of aromatic amines is 1. The molecule has 0 saturated heterocycles. The number of imidazole rings is 1. The van der Waals surface area contributed by atoms with Crippen molar-refractivity contribution in [1.29, 1.82) is 0 Å². The van der Waals surface area contributed by atoms with Crippen molar-refractivity contribution in [3.05, 3.63) is 23.8 Å². The van der Waals surface area contributed by atoms with Crippen molar-refractivity contribution in [2.24, 2.45) is 0 Å². The number of benzene rings is 1. The minimum atomic E-state index is 0.507. The van der Waals surface area contributed by atoms with E-state index >= 15 is 0 Å². The molecule has 0 aliphatic heterocycles. The Balaban J connectivity index is 2.25. The Morgan fingerprint density at radius 2 is 2.20 bits per heavy atom. The average Bonchev–Trinajstić information content (AvgIpc) is 2.59. The summed E-state index contributed by atoms with van der Waals surface area (Å²) in [6.45, 7) is 2.22. The molecular formula is C12H17N3. The fourth-order valence-electron chi connectivity index (χ4n) is 1.88. The van der Waals surface area contributed by atoms with Crippen molar-refractivity contribution in [2.75, 3.05) is 5.73 Å². The van der Waals surface area contributed by atoms with E-state index < -0.39 is 0 Å². The molecule has 1 heterocycles. The average molecular weight is 203 g/mol. The summed E-state index contributed by atoms with van der Waals surface area (Å²) in [7, 11) is 0. The number of anilines is 1. The van der Waals surface area contributed by atoms with Gasteiger partial charge in [-0.3, -0.25) is 0 Å². The number of nitrogens with one attached hydrogen (secondary N) is 1. The molecule has 80 valence electrons. The fourth-order valence-corrected chi connectivity index (χ4v) is 1.88. The van der Waals surface area contributed by atoms with Crippen LogP contribution in [0.2, 0.25) is 0 Å². The molecule has 0 fully saturated rings. The first-order valence-electron chi connectivity index (χ1n) is 5.54. The van der Waals surface area contributed by atoms with Gasteiger partial charge in [0.2, 0.25) is 0 Å². The third kappa shape index (κ3) is 2.12. The maximum absolute atomic E-state index is 5.65. The zero-order valence-electron chi connectivity index (χ0n) is 9.09. The zero-order chi connectivity index (χ0) is 10.7. The van der Waals surface area contributed by atoms with Crippen LogP contribution in [-0.2, 0) is 6.42 Å². The second-order valence-corrected chi connectivity index (χ2v) is 3.89. The molecule has 1 aromatic heterocycles. The highest BCUT2D eigenvalue weighted by atomic mass is 15.0. The molecule has 0 unspecified atom stereocenters. The van der Waals surface area contributed by atoms with Gasteiger partial charge in [-0.1, -0.05) is 31.9 Å². The van der Waals surface area contributed by atoms with Gasteiger partial charge in [0.25, 0.3) is 0 Å². The highest BCUT2D eigenvalue weighted by Gasteiger charge is 2.04. The molecule has 3 N–H and O–H groups in total. The first-order chi connectivity index (χ1) is 7.31. The largest absolute Gasteiger partial charge is 0.369 e. The number of hydrogen-bond donors (Lipinski definition) is 2. The summed E-state index contributed by atoms with van der Waals surface area (Å²) in [4.78, 5) is 7.37. The van der Waals surface area contributed by atoms with Crippen LogP contribution in [-0.4, -0.2) is 9.97 Å². The van der Waals surface area contributed by atoms with Crippen LogP contribution in [0, 0.1) is 0 Å². The number of fused-ring (bicyclic) bond motifs is 1. The summed E-state index contributed by atoms with van der Waals surface area (Å²) in [5, 5.41) is 0. The Hall–Kier alpha value is -1.51. The highest BCUT2D eigenvalue weighted by molar-refractivity contribution is 5.80. The van der Waals surface area contributed by atoms with Crippen LogP contribution < -0.4 is 5.73 Å². The first-order valence-corrected chi connectivity index (χ1v) is 5.54. The smallest absolute Gasteiger partial charge is 0.198 e. The van der Waals surface area contributed by atoms with Crippen molar-refractivity contribution in [2.45, 2.75) is 32.6 Å². The summed E-state index contributed by atoms with van der Waals surface area (Å²) in [6.07, 6.45) is 4.84. The SMILES string of the molecule is CCCCCc1cccc2[nH]c(N)nc12. The maximum Gasteiger partial charge on any atom is 0.198 e. The molecule has 0 aliphatic rings. The van der Waals surface area contributed by atoms with Crippen LogP contribution >= 0.6 is 0 Å². The number of aryl methyl sites for hydroxylation is 1. The van der Waals surface area contributed by atoms with Crippen LogP contribution in [0.25, 0.3) is 11.0 Å². The van der Waals surface area contributed by atoms with E-state index in [2.05, 4.69) is 29.0 Å². The number of para-hydroxylation sites is 1. The number of H-pyrrole nitrogens is 1. The van der Waals surface area contributed by atoms with Crippen molar-refractivity contribution in [3.8, 4) is 0 Å². The molecule has 0 amide bonds. The summed E-state index contributed by atoms with van der Waals surface area (Å²) in [6, 6.07) is 6.21. The van der Waals surface area contributed by atoms with Crippen LogP contribution in [0.3, 0.4) is 0 Å². The molecule has 0 radical (unpaired) electrons. The Bertz CT molecular complexity index is 445. The van der Waals surface area contributed by atoms with Crippen LogP contribution in [0.15, 0.2) is 18.2 Å². The molecule has 0 saturated carbocycles. The third-order valence-electron chi connectivity index (χ3n) is 2.66. The molecule has 0 spiro atoms. The normalized spacial score (nSPS) is 11.0. The maximum atomic E-state index is 5.65. The molecule has 1 aromatic carbocycles. The van der Waals surface area contributed by atoms with Gasteiger partial charge in [-0.2, -0.15) is 0 Å². The molecule has 0 aliphatic carbocycles. The third-order valence-corrected chi connectivity index (χ3v) is 2.66. The van der Waals surface area contributed by atoms with Crippen LogP contribution in [0.1, 0.15) is 31.7 Å². The van der Waals surface area contributed by atoms with Gasteiger partial charge >= 0.3 is 0 Å². The number of nitrogens with two attached hydrogens (primary N) is 1. The van der Waals surface area contributed by atoms with E-state index in [4.69, 9.17) is 5.73 Å². The van der Waals surface area contributed by atoms with Gasteiger partial charge in [0.1, 0.15) is 0 Å². The van der Waals surface area contributed by atoms with Crippen LogP contribution in [0.4, 0.5) is 5.95 Å². The van der Waals surface area contributed by atoms with Crippen molar-refractivity contribution < 1.29 is 0 Å². The molecule has 2 rings (SSSR count). The van der Waals surface area contributed by atoms with E-state index in [9.17, 15) is 0 Å². The lowest BCUT2D eigenvalue weighted by molar-refractivity contribution is 0.719. The second kappa shape index (κ2) is 4.34. The van der Waals surface area contributed by atoms with E-state index in [1.165, 1.54) is 24.8 Å². The van der Waals surface area contributed by atoms with Gasteiger partial charge in [0, 0.05) is 0 Å². The van der Waals surface area contributed by atoms with Gasteiger partial charge in [0.15, 0.2) is 5.95 Å². The molecule has 3 nitrogen and oxygen atoms in total. The van der Waals surface area contributed by atoms with Crippen molar-refractivity contribution >= 4 is 17.0 Å². The van der Waals surface area contributed by atoms with Gasteiger partial charge in [-0.15, -0.1) is 0 Å². The van der Waals surface area contributed by atoms with E-state index in [1.54, 1.807) is 0 Å². The summed E-state index contributed by atoms with van der Waals surface area (Å²) >= 11 is 0. The Morgan fingerprint density at radius 1 is 1.33 bits per heavy atom. The number of rotatable bonds is 4. The van der Waals surface area contributed by atoms with E-state index in [0.29, 0.717) is 5.95 Å². The summed E-state index contributed by atoms with van der Waals surface area (Å²) in [5.41, 5.74) is 9.02. The summed E-state index contributed by atoms with van der Waals surface area (Å²) in [5.74, 6) is 0.507. The Kier molecular flexibility index (Phi) is 2.90. The minimum Gasteiger partial charge on any atom is -0.369 e. The topological polar surface area (TPSA) is 54.7 Å². The zero-order valence-corrected chi connectivity index (χ0v) is 9.09. The number of aromatic nitrogens is 2. The molecule has 15 heavy (non-hydrogen) atoms. The number of unbranched alkanes of at least 4 members (excludes halogenated alkanes) is 2. The van der Waals surface area contributed by atoms with Gasteiger partial charge in [0.05, 0.1) is 11.0 Å². The predicted molar refractivity (Wildman–Crippen MR) is 63.7 cm³/mol. The fraction of sp³-hybridized carbons (Fsp3) is 0.417. The second-order valence-electron chi connectivity index (χ2n) is 3.89. The monoisotopic (exact) mass is 203 g/mol. The number of nitrogens with zero attached hydrogens (tertiary/aromatic N) is 1. The van der Waals surface area contributed by atoms with Crippen molar-refractivity contribution in [3.63, 3.8) is 0 Å². The number of hydrogen-bond acceptors (Lipinski definition) is 2. The lowest BCUT2D eigenvalue weighted by Gasteiger charge is -2.00. The molecule has 0 atom stereocenters. The minimum absolute atomic E-state index is 0.507. The van der Waals surface area contributed by atoms with Crippen molar-refractivity contribution in [1.82, 2.24) is 9.97 Å². The molecule has 3 heteroatoms. The van der Waals surface area contributed by atoms with E-state index in [1.807, 2.05) is 6.07 Å². The standard InChI is InChI=1S/C12H17N3/c1-2-3-4-6-9-7-5-8-10-11(9)15-12(13)14-10/h5,7-8H,2-4,6H2,1H3,(H3,13,14,15). The van der Waals surface area contributed by atoms with E-state index in [-0.39, 0.29) is 0 Å². The van der Waals surface area contributed by atoms with Gasteiger partial charge in [-0.05, 0) is 24.5 Å². The lowest BCUT2D eigenvalue weighted by atomic mass is 10.1. The summed E-state index contributed by atoms with van der Waals surface area (Å²) < 4.78 is 0. The highest BCUT2D eigenvalue weighted by Crippen LogP contribution is 2.19. The Morgan fingerprint density at radius 3 is 3.00 bits per heavy atom. The molecular weight excluding hydrogens is 186 g/mol. The van der Waals surface area contributed by atoms with Gasteiger partial charge < -0.3 is 10.7 Å². The van der Waals surface area contributed by atoms with E-state index in [0.717, 1.165) is 17.5 Å². The quantitative estimate of drug-likeness (QED) is 0.751. The predicted octanol–water partition coefficient (Wildman–Crippen LogP) is 2.88.